The van der Waals surface area contributed by atoms with Crippen LogP contribution in [0.4, 0.5) is 5.82 Å². The molecule has 0 fully saturated rings. The fraction of sp³-hybridized carbons (Fsp3) is 0.167. The number of carbonyl (C=O) groups is 1. The third kappa shape index (κ3) is 3.98. The van der Waals surface area contributed by atoms with Gasteiger partial charge in [0.15, 0.2) is 5.69 Å². The minimum atomic E-state index is -0.163. The molecule has 0 saturated heterocycles. The molecule has 3 rings (SSSR count). The molecule has 0 unspecified atom stereocenters. The monoisotopic (exact) mass is 322 g/mol. The molecule has 0 aliphatic heterocycles. The Bertz CT molecular complexity index is 771. The van der Waals surface area contributed by atoms with E-state index in [9.17, 15) is 4.79 Å². The zero-order valence-electron chi connectivity index (χ0n) is 13.3. The molecule has 0 bridgehead atoms. The van der Waals surface area contributed by atoms with Crippen LogP contribution in [0.1, 0.15) is 21.8 Å². The summed E-state index contributed by atoms with van der Waals surface area (Å²) in [5, 5.41) is 11.1. The first-order chi connectivity index (χ1) is 11.7. The van der Waals surface area contributed by atoms with Gasteiger partial charge in [0.1, 0.15) is 11.6 Å². The Balaban J connectivity index is 1.58. The SMILES string of the molecule is CN(Cc1ccccc1)C(=O)c1ccc(NCc2ccco2)nn1. The summed E-state index contributed by atoms with van der Waals surface area (Å²) in [6, 6.07) is 16.9. The number of rotatable bonds is 6. The zero-order chi connectivity index (χ0) is 16.8. The van der Waals surface area contributed by atoms with Crippen molar-refractivity contribution in [1.82, 2.24) is 15.1 Å². The van der Waals surface area contributed by atoms with Gasteiger partial charge in [0.25, 0.3) is 5.91 Å². The summed E-state index contributed by atoms with van der Waals surface area (Å²) in [6.45, 7) is 1.04. The summed E-state index contributed by atoms with van der Waals surface area (Å²) in [5.41, 5.74) is 1.38. The minimum Gasteiger partial charge on any atom is -0.467 e. The quantitative estimate of drug-likeness (QED) is 0.755. The molecular formula is C18H18N4O2. The van der Waals surface area contributed by atoms with Crippen LogP contribution in [0.15, 0.2) is 65.3 Å². The topological polar surface area (TPSA) is 71.3 Å². The fourth-order valence-corrected chi connectivity index (χ4v) is 2.26. The average molecular weight is 322 g/mol. The van der Waals surface area contributed by atoms with E-state index in [1.165, 1.54) is 0 Å². The van der Waals surface area contributed by atoms with Crippen LogP contribution < -0.4 is 5.32 Å². The highest BCUT2D eigenvalue weighted by molar-refractivity contribution is 5.92. The highest BCUT2D eigenvalue weighted by atomic mass is 16.3. The maximum absolute atomic E-state index is 12.4. The molecule has 24 heavy (non-hydrogen) atoms. The smallest absolute Gasteiger partial charge is 0.274 e. The van der Waals surface area contributed by atoms with Crippen LogP contribution in [-0.4, -0.2) is 28.1 Å². The molecule has 0 spiro atoms. The van der Waals surface area contributed by atoms with E-state index in [0.717, 1.165) is 11.3 Å². The second kappa shape index (κ2) is 7.41. The number of hydrogen-bond acceptors (Lipinski definition) is 5. The van der Waals surface area contributed by atoms with Crippen molar-refractivity contribution in [3.05, 3.63) is 77.9 Å². The number of amides is 1. The average Bonchev–Trinajstić information content (AvgIpc) is 3.14. The Kier molecular flexibility index (Phi) is 4.86. The standard InChI is InChI=1S/C18H18N4O2/c1-22(13-14-6-3-2-4-7-14)18(23)16-9-10-17(21-20-16)19-12-15-8-5-11-24-15/h2-11H,12-13H2,1H3,(H,19,21). The highest BCUT2D eigenvalue weighted by Gasteiger charge is 2.14. The van der Waals surface area contributed by atoms with Crippen molar-refractivity contribution in [3.8, 4) is 0 Å². The number of carbonyl (C=O) groups excluding carboxylic acids is 1. The molecule has 1 N–H and O–H groups in total. The molecule has 1 amide bonds. The maximum Gasteiger partial charge on any atom is 0.274 e. The predicted molar refractivity (Wildman–Crippen MR) is 90.3 cm³/mol. The molecule has 6 nitrogen and oxygen atoms in total. The van der Waals surface area contributed by atoms with Crippen molar-refractivity contribution in [2.75, 3.05) is 12.4 Å². The van der Waals surface area contributed by atoms with Crippen molar-refractivity contribution in [2.24, 2.45) is 0 Å². The summed E-state index contributed by atoms with van der Waals surface area (Å²) in [5.74, 6) is 1.23. The van der Waals surface area contributed by atoms with E-state index < -0.39 is 0 Å². The van der Waals surface area contributed by atoms with Gasteiger partial charge < -0.3 is 14.6 Å². The number of nitrogens with zero attached hydrogens (tertiary/aromatic N) is 3. The lowest BCUT2D eigenvalue weighted by atomic mass is 10.2. The molecule has 122 valence electrons. The Morgan fingerprint density at radius 3 is 2.58 bits per heavy atom. The molecule has 0 aliphatic carbocycles. The summed E-state index contributed by atoms with van der Waals surface area (Å²) < 4.78 is 5.23. The van der Waals surface area contributed by atoms with Gasteiger partial charge in [-0.25, -0.2) is 0 Å². The Hall–Kier alpha value is -3.15. The third-order valence-corrected chi connectivity index (χ3v) is 3.52. The molecule has 3 aromatic rings. The number of benzene rings is 1. The largest absolute Gasteiger partial charge is 0.467 e. The molecule has 6 heteroatoms. The molecule has 2 aromatic heterocycles. The van der Waals surface area contributed by atoms with E-state index in [1.54, 1.807) is 30.3 Å². The van der Waals surface area contributed by atoms with E-state index in [0.29, 0.717) is 24.6 Å². The predicted octanol–water partition coefficient (Wildman–Crippen LogP) is 2.95. The molecule has 0 aliphatic rings. The van der Waals surface area contributed by atoms with Crippen molar-refractivity contribution >= 4 is 11.7 Å². The van der Waals surface area contributed by atoms with E-state index >= 15 is 0 Å². The van der Waals surface area contributed by atoms with Crippen molar-refractivity contribution in [2.45, 2.75) is 13.1 Å². The van der Waals surface area contributed by atoms with Gasteiger partial charge in [0.05, 0.1) is 12.8 Å². The Morgan fingerprint density at radius 1 is 1.08 bits per heavy atom. The lowest BCUT2D eigenvalue weighted by Crippen LogP contribution is -2.27. The van der Waals surface area contributed by atoms with Crippen LogP contribution >= 0.6 is 0 Å². The number of nitrogens with one attached hydrogen (secondary N) is 1. The van der Waals surface area contributed by atoms with Crippen LogP contribution in [0.25, 0.3) is 0 Å². The van der Waals surface area contributed by atoms with Crippen molar-refractivity contribution in [1.29, 1.82) is 0 Å². The second-order valence-electron chi connectivity index (χ2n) is 5.38. The molecular weight excluding hydrogens is 304 g/mol. The van der Waals surface area contributed by atoms with Crippen molar-refractivity contribution < 1.29 is 9.21 Å². The summed E-state index contributed by atoms with van der Waals surface area (Å²) >= 11 is 0. The molecule has 0 saturated carbocycles. The number of hydrogen-bond donors (Lipinski definition) is 1. The molecule has 0 atom stereocenters. The van der Waals surface area contributed by atoms with Gasteiger partial charge in [0.2, 0.25) is 0 Å². The summed E-state index contributed by atoms with van der Waals surface area (Å²) in [6.07, 6.45) is 1.62. The van der Waals surface area contributed by atoms with Crippen LogP contribution in [0.3, 0.4) is 0 Å². The lowest BCUT2D eigenvalue weighted by molar-refractivity contribution is 0.0778. The van der Waals surface area contributed by atoms with Crippen LogP contribution in [0.5, 0.6) is 0 Å². The Labute approximate surface area is 140 Å². The van der Waals surface area contributed by atoms with E-state index in [-0.39, 0.29) is 5.91 Å². The number of anilines is 1. The highest BCUT2D eigenvalue weighted by Crippen LogP contribution is 2.09. The van der Waals surface area contributed by atoms with E-state index in [1.807, 2.05) is 42.5 Å². The second-order valence-corrected chi connectivity index (χ2v) is 5.38. The van der Waals surface area contributed by atoms with Crippen molar-refractivity contribution in [3.63, 3.8) is 0 Å². The van der Waals surface area contributed by atoms with Gasteiger partial charge in [-0.1, -0.05) is 30.3 Å². The fourth-order valence-electron chi connectivity index (χ4n) is 2.26. The third-order valence-electron chi connectivity index (χ3n) is 3.52. The number of aromatic nitrogens is 2. The van der Waals surface area contributed by atoms with Gasteiger partial charge in [-0.2, -0.15) is 0 Å². The first-order valence-corrected chi connectivity index (χ1v) is 7.62. The zero-order valence-corrected chi connectivity index (χ0v) is 13.3. The van der Waals surface area contributed by atoms with Crippen LogP contribution in [0, 0.1) is 0 Å². The first-order valence-electron chi connectivity index (χ1n) is 7.62. The number of furan rings is 1. The maximum atomic E-state index is 12.4. The summed E-state index contributed by atoms with van der Waals surface area (Å²) in [7, 11) is 1.75. The van der Waals surface area contributed by atoms with E-state index in [4.69, 9.17) is 4.42 Å². The normalized spacial score (nSPS) is 10.4. The van der Waals surface area contributed by atoms with Gasteiger partial charge >= 0.3 is 0 Å². The van der Waals surface area contributed by atoms with Crippen LogP contribution in [0.2, 0.25) is 0 Å². The molecule has 2 heterocycles. The summed E-state index contributed by atoms with van der Waals surface area (Å²) in [4.78, 5) is 14.0. The van der Waals surface area contributed by atoms with Gasteiger partial charge in [-0.15, -0.1) is 10.2 Å². The van der Waals surface area contributed by atoms with Gasteiger partial charge in [0, 0.05) is 13.6 Å². The lowest BCUT2D eigenvalue weighted by Gasteiger charge is -2.16. The minimum absolute atomic E-state index is 0.163. The molecule has 1 aromatic carbocycles. The Morgan fingerprint density at radius 2 is 1.92 bits per heavy atom. The van der Waals surface area contributed by atoms with Gasteiger partial charge in [-0.3, -0.25) is 4.79 Å². The first kappa shape index (κ1) is 15.7. The van der Waals surface area contributed by atoms with Crippen LogP contribution in [-0.2, 0) is 13.1 Å². The van der Waals surface area contributed by atoms with Gasteiger partial charge in [-0.05, 0) is 29.8 Å². The molecule has 0 radical (unpaired) electrons. The van der Waals surface area contributed by atoms with E-state index in [2.05, 4.69) is 15.5 Å².